The molecule has 1 saturated heterocycles. The highest BCUT2D eigenvalue weighted by Crippen LogP contribution is 2.29. The first kappa shape index (κ1) is 24.1. The number of halogens is 3. The molecule has 0 radical (unpaired) electrons. The second kappa shape index (κ2) is 9.15. The van der Waals surface area contributed by atoms with Gasteiger partial charge in [-0.1, -0.05) is 0 Å². The van der Waals surface area contributed by atoms with Crippen molar-refractivity contribution < 1.29 is 45.8 Å². The Balaban J connectivity index is 1.70. The third-order valence-corrected chi connectivity index (χ3v) is 6.06. The average Bonchev–Trinajstić information content (AvgIpc) is 2.73. The van der Waals surface area contributed by atoms with E-state index < -0.39 is 40.7 Å². The molecule has 14 heteroatoms. The average molecular weight is 489 g/mol. The summed E-state index contributed by atoms with van der Waals surface area (Å²) in [6.07, 6.45) is -4.85. The van der Waals surface area contributed by atoms with Crippen molar-refractivity contribution in [3.8, 4) is 11.5 Å². The minimum Gasteiger partial charge on any atom is -0.495 e. The predicted octanol–water partition coefficient (Wildman–Crippen LogP) is 2.30. The summed E-state index contributed by atoms with van der Waals surface area (Å²) < 4.78 is 74.3. The maximum atomic E-state index is 12.8. The summed E-state index contributed by atoms with van der Waals surface area (Å²) in [6.45, 7) is -0.669. The molecule has 0 unspecified atom stereocenters. The molecule has 1 aliphatic heterocycles. The quantitative estimate of drug-likeness (QED) is 0.611. The van der Waals surface area contributed by atoms with E-state index in [1.165, 1.54) is 36.3 Å². The Morgan fingerprint density at radius 1 is 1.12 bits per heavy atom. The molecular weight excluding hydrogens is 471 g/mol. The van der Waals surface area contributed by atoms with Gasteiger partial charge in [-0.15, -0.1) is 13.2 Å². The summed E-state index contributed by atoms with van der Waals surface area (Å²) in [6, 6.07) is 8.18. The number of alkyl halides is 3. The van der Waals surface area contributed by atoms with Gasteiger partial charge in [-0.2, -0.15) is 12.7 Å². The van der Waals surface area contributed by atoms with E-state index in [0.717, 1.165) is 22.5 Å². The van der Waals surface area contributed by atoms with Gasteiger partial charge in [0.25, 0.3) is 0 Å². The van der Waals surface area contributed by atoms with Crippen LogP contribution in [-0.2, 0) is 15.0 Å². The lowest BCUT2D eigenvalue weighted by molar-refractivity contribution is -0.274. The number of anilines is 2. The first-order valence-electron chi connectivity index (χ1n) is 9.25. The zero-order valence-corrected chi connectivity index (χ0v) is 17.8. The van der Waals surface area contributed by atoms with Crippen LogP contribution < -0.4 is 19.1 Å². The van der Waals surface area contributed by atoms with Crippen molar-refractivity contribution in [2.45, 2.75) is 6.36 Å². The van der Waals surface area contributed by atoms with Gasteiger partial charge in [0.2, 0.25) is 5.91 Å². The summed E-state index contributed by atoms with van der Waals surface area (Å²) in [5.41, 5.74) is 0.160. The lowest BCUT2D eigenvalue weighted by Gasteiger charge is -2.33. The van der Waals surface area contributed by atoms with Gasteiger partial charge in [-0.05, 0) is 42.5 Å². The number of benzene rings is 2. The van der Waals surface area contributed by atoms with Crippen LogP contribution in [0.25, 0.3) is 0 Å². The van der Waals surface area contributed by atoms with Gasteiger partial charge in [-0.3, -0.25) is 9.52 Å². The highest BCUT2D eigenvalue weighted by atomic mass is 32.2. The number of rotatable bonds is 7. The number of carboxylic acid groups (broad SMARTS) is 1. The maximum absolute atomic E-state index is 12.8. The van der Waals surface area contributed by atoms with E-state index in [2.05, 4.69) is 9.46 Å². The first-order chi connectivity index (χ1) is 15.4. The molecule has 0 saturated carbocycles. The Kier molecular flexibility index (Phi) is 6.69. The number of hydrogen-bond donors (Lipinski definition) is 2. The third-order valence-electron chi connectivity index (χ3n) is 4.59. The van der Waals surface area contributed by atoms with Gasteiger partial charge in [0.1, 0.15) is 11.5 Å². The van der Waals surface area contributed by atoms with E-state index in [1.807, 2.05) is 0 Å². The van der Waals surface area contributed by atoms with Crippen LogP contribution in [0.1, 0.15) is 10.4 Å². The number of nitrogens with one attached hydrogen (secondary N) is 1. The number of methoxy groups -OCH3 is 1. The fourth-order valence-corrected chi connectivity index (χ4v) is 4.25. The highest BCUT2D eigenvalue weighted by molar-refractivity contribution is 7.90. The second-order valence-electron chi connectivity index (χ2n) is 6.75. The third kappa shape index (κ3) is 5.84. The largest absolute Gasteiger partial charge is 0.573 e. The molecule has 1 fully saturated rings. The number of carbonyl (C=O) groups excluding carboxylic acids is 1. The standard InChI is InChI=1S/C19H18F3N3O7S/c1-31-16-10-12(18(27)28)2-7-15(16)23-33(29,30)24-8-9-25(17(26)11-24)13-3-5-14(6-4-13)32-19(20,21)22/h2-7,10,23H,8-9,11H2,1H3,(H,27,28). The number of nitrogens with zero attached hydrogens (tertiary/aromatic N) is 2. The van der Waals surface area contributed by atoms with Crippen molar-refractivity contribution in [1.82, 2.24) is 4.31 Å². The Labute approximate surface area is 186 Å². The van der Waals surface area contributed by atoms with E-state index in [1.54, 1.807) is 0 Å². The lowest BCUT2D eigenvalue weighted by atomic mass is 10.2. The number of aromatic carboxylic acids is 1. The Morgan fingerprint density at radius 3 is 2.33 bits per heavy atom. The summed E-state index contributed by atoms with van der Waals surface area (Å²) in [4.78, 5) is 24.9. The number of hydrogen-bond acceptors (Lipinski definition) is 6. The molecule has 0 bridgehead atoms. The molecule has 1 heterocycles. The van der Waals surface area contributed by atoms with Gasteiger partial charge < -0.3 is 19.5 Å². The molecule has 178 valence electrons. The van der Waals surface area contributed by atoms with Crippen LogP contribution in [0.2, 0.25) is 0 Å². The van der Waals surface area contributed by atoms with Crippen LogP contribution in [0.15, 0.2) is 42.5 Å². The molecule has 1 amide bonds. The van der Waals surface area contributed by atoms with Crippen LogP contribution in [0.5, 0.6) is 11.5 Å². The van der Waals surface area contributed by atoms with Crippen molar-refractivity contribution in [3.05, 3.63) is 48.0 Å². The number of carbonyl (C=O) groups is 2. The zero-order valence-electron chi connectivity index (χ0n) is 17.0. The summed E-state index contributed by atoms with van der Waals surface area (Å²) in [7, 11) is -2.96. The Hall–Kier alpha value is -3.52. The molecule has 33 heavy (non-hydrogen) atoms. The normalized spacial score (nSPS) is 15.3. The first-order valence-corrected chi connectivity index (χ1v) is 10.7. The summed E-state index contributed by atoms with van der Waals surface area (Å²) in [5.74, 6) is -2.29. The number of piperazine rings is 1. The van der Waals surface area contributed by atoms with Crippen molar-refractivity contribution in [2.24, 2.45) is 0 Å². The van der Waals surface area contributed by atoms with Gasteiger partial charge >= 0.3 is 22.5 Å². The van der Waals surface area contributed by atoms with Gasteiger partial charge in [0.15, 0.2) is 0 Å². The molecule has 0 aliphatic carbocycles. The minimum atomic E-state index is -4.85. The van der Waals surface area contributed by atoms with Crippen molar-refractivity contribution in [3.63, 3.8) is 0 Å². The van der Waals surface area contributed by atoms with Crippen molar-refractivity contribution in [2.75, 3.05) is 36.4 Å². The zero-order chi connectivity index (χ0) is 24.4. The molecule has 0 spiro atoms. The molecule has 3 rings (SSSR count). The SMILES string of the molecule is COc1cc(C(=O)O)ccc1NS(=O)(=O)N1CCN(c2ccc(OC(F)(F)F)cc2)C(=O)C1. The smallest absolute Gasteiger partial charge is 0.495 e. The molecule has 2 aromatic rings. The maximum Gasteiger partial charge on any atom is 0.573 e. The van der Waals surface area contributed by atoms with Crippen LogP contribution in [0.4, 0.5) is 24.5 Å². The summed E-state index contributed by atoms with van der Waals surface area (Å²) in [5, 5.41) is 9.04. The van der Waals surface area contributed by atoms with Crippen molar-refractivity contribution in [1.29, 1.82) is 0 Å². The van der Waals surface area contributed by atoms with E-state index >= 15 is 0 Å². The van der Waals surface area contributed by atoms with Crippen LogP contribution >= 0.6 is 0 Å². The van der Waals surface area contributed by atoms with E-state index in [0.29, 0.717) is 0 Å². The number of carboxylic acids is 1. The predicted molar refractivity (Wildman–Crippen MR) is 110 cm³/mol. The van der Waals surface area contributed by atoms with Gasteiger partial charge in [-0.25, -0.2) is 4.79 Å². The molecule has 1 aliphatic rings. The van der Waals surface area contributed by atoms with E-state index in [4.69, 9.17) is 9.84 Å². The Morgan fingerprint density at radius 2 is 1.79 bits per heavy atom. The van der Waals surface area contributed by atoms with Crippen molar-refractivity contribution >= 4 is 33.5 Å². The molecular formula is C19H18F3N3O7S. The molecule has 0 aromatic heterocycles. The number of amides is 1. The fraction of sp³-hybridized carbons (Fsp3) is 0.263. The fourth-order valence-electron chi connectivity index (χ4n) is 3.07. The number of ether oxygens (including phenoxy) is 2. The molecule has 10 nitrogen and oxygen atoms in total. The Bertz CT molecular complexity index is 1150. The highest BCUT2D eigenvalue weighted by Gasteiger charge is 2.34. The molecule has 2 aromatic carbocycles. The minimum absolute atomic E-state index is 0.0161. The lowest BCUT2D eigenvalue weighted by Crippen LogP contribution is -2.53. The second-order valence-corrected chi connectivity index (χ2v) is 8.42. The molecule has 0 atom stereocenters. The van der Waals surface area contributed by atoms with Crippen LogP contribution in [0, 0.1) is 0 Å². The van der Waals surface area contributed by atoms with E-state index in [-0.39, 0.29) is 35.8 Å². The van der Waals surface area contributed by atoms with E-state index in [9.17, 15) is 31.2 Å². The van der Waals surface area contributed by atoms with Gasteiger partial charge in [0.05, 0.1) is 24.9 Å². The monoisotopic (exact) mass is 489 g/mol. The summed E-state index contributed by atoms with van der Waals surface area (Å²) >= 11 is 0. The molecule has 2 N–H and O–H groups in total. The van der Waals surface area contributed by atoms with Crippen LogP contribution in [0.3, 0.4) is 0 Å². The van der Waals surface area contributed by atoms with Gasteiger partial charge in [0, 0.05) is 18.8 Å². The van der Waals surface area contributed by atoms with Crippen LogP contribution in [-0.4, -0.2) is 62.8 Å². The topological polar surface area (TPSA) is 125 Å².